The average molecular weight is 205 g/mol. The number of aromatic nitrogens is 2. The summed E-state index contributed by atoms with van der Waals surface area (Å²) in [7, 11) is 0. The van der Waals surface area contributed by atoms with Crippen molar-refractivity contribution in [3.63, 3.8) is 0 Å². The van der Waals surface area contributed by atoms with Crippen LogP contribution in [0.25, 0.3) is 0 Å². The Balaban J connectivity index is 2.11. The molecule has 4 heteroatoms. The van der Waals surface area contributed by atoms with Gasteiger partial charge >= 0.3 is 0 Å². The molecule has 1 aromatic carbocycles. The van der Waals surface area contributed by atoms with Gasteiger partial charge in [-0.1, -0.05) is 12.1 Å². The first kappa shape index (κ1) is 9.86. The van der Waals surface area contributed by atoms with E-state index in [-0.39, 0.29) is 11.9 Å². The van der Waals surface area contributed by atoms with Crippen molar-refractivity contribution in [2.45, 2.75) is 12.5 Å². The predicted octanol–water partition coefficient (Wildman–Crippen LogP) is 1.79. The molecule has 1 heterocycles. The largest absolute Gasteiger partial charge is 0.348 e. The Morgan fingerprint density at radius 1 is 1.47 bits per heavy atom. The molecule has 3 nitrogen and oxygen atoms in total. The van der Waals surface area contributed by atoms with Gasteiger partial charge in [0.15, 0.2) is 0 Å². The number of halogens is 1. The highest BCUT2D eigenvalue weighted by Gasteiger charge is 2.08. The highest BCUT2D eigenvalue weighted by Crippen LogP contribution is 2.15. The van der Waals surface area contributed by atoms with Crippen LogP contribution in [0.4, 0.5) is 4.39 Å². The van der Waals surface area contributed by atoms with E-state index >= 15 is 0 Å². The van der Waals surface area contributed by atoms with Crippen LogP contribution in [0.3, 0.4) is 0 Å². The van der Waals surface area contributed by atoms with Gasteiger partial charge in [-0.25, -0.2) is 9.37 Å². The molecule has 78 valence electrons. The molecule has 2 rings (SSSR count). The zero-order valence-corrected chi connectivity index (χ0v) is 8.15. The third-order valence-electron chi connectivity index (χ3n) is 2.27. The molecule has 3 N–H and O–H groups in total. The van der Waals surface area contributed by atoms with E-state index in [4.69, 9.17) is 5.73 Å². The number of nitrogens with one attached hydrogen (secondary N) is 1. The van der Waals surface area contributed by atoms with E-state index in [1.807, 2.05) is 6.07 Å². The summed E-state index contributed by atoms with van der Waals surface area (Å²) in [4.78, 5) is 6.87. The summed E-state index contributed by atoms with van der Waals surface area (Å²) < 4.78 is 12.9. The van der Waals surface area contributed by atoms with Gasteiger partial charge in [-0.15, -0.1) is 0 Å². The first-order valence-electron chi connectivity index (χ1n) is 4.74. The summed E-state index contributed by atoms with van der Waals surface area (Å²) >= 11 is 0. The Hall–Kier alpha value is -1.68. The van der Waals surface area contributed by atoms with Gasteiger partial charge in [0.05, 0.1) is 6.33 Å². The fourth-order valence-electron chi connectivity index (χ4n) is 1.49. The lowest BCUT2D eigenvalue weighted by atomic mass is 10.0. The third kappa shape index (κ3) is 2.41. The van der Waals surface area contributed by atoms with Gasteiger partial charge in [0.1, 0.15) is 5.82 Å². The van der Waals surface area contributed by atoms with Gasteiger partial charge in [0, 0.05) is 24.4 Å². The molecule has 0 aliphatic carbocycles. The average Bonchev–Trinajstić information content (AvgIpc) is 2.70. The second kappa shape index (κ2) is 4.23. The lowest BCUT2D eigenvalue weighted by Crippen LogP contribution is -2.13. The summed E-state index contributed by atoms with van der Waals surface area (Å²) in [5, 5.41) is 0. The Morgan fingerprint density at radius 2 is 2.33 bits per heavy atom. The molecular weight excluding hydrogens is 193 g/mol. The standard InChI is InChI=1S/C11H12FN3/c12-9-3-1-2-8(4-9)11(13)5-10-6-14-7-15-10/h1-4,6-7,11H,5,13H2,(H,14,15). The summed E-state index contributed by atoms with van der Waals surface area (Å²) in [6.07, 6.45) is 3.95. The van der Waals surface area contributed by atoms with Crippen LogP contribution in [-0.4, -0.2) is 9.97 Å². The van der Waals surface area contributed by atoms with Gasteiger partial charge in [0.25, 0.3) is 0 Å². The molecule has 0 saturated carbocycles. The second-order valence-corrected chi connectivity index (χ2v) is 3.44. The minimum Gasteiger partial charge on any atom is -0.348 e. The Labute approximate surface area is 87.2 Å². The van der Waals surface area contributed by atoms with Crippen LogP contribution in [0, 0.1) is 5.82 Å². The fourth-order valence-corrected chi connectivity index (χ4v) is 1.49. The van der Waals surface area contributed by atoms with Crippen molar-refractivity contribution in [2.75, 3.05) is 0 Å². The summed E-state index contributed by atoms with van der Waals surface area (Å²) in [6.45, 7) is 0. The lowest BCUT2D eigenvalue weighted by Gasteiger charge is -2.10. The molecule has 0 aliphatic rings. The molecule has 0 radical (unpaired) electrons. The monoisotopic (exact) mass is 205 g/mol. The van der Waals surface area contributed by atoms with Crippen molar-refractivity contribution in [3.8, 4) is 0 Å². The number of aromatic amines is 1. The minimum absolute atomic E-state index is 0.207. The maximum Gasteiger partial charge on any atom is 0.123 e. The van der Waals surface area contributed by atoms with Gasteiger partial charge in [-0.3, -0.25) is 0 Å². The van der Waals surface area contributed by atoms with E-state index in [0.717, 1.165) is 11.3 Å². The second-order valence-electron chi connectivity index (χ2n) is 3.44. The van der Waals surface area contributed by atoms with E-state index < -0.39 is 0 Å². The molecule has 0 aliphatic heterocycles. The third-order valence-corrected chi connectivity index (χ3v) is 2.27. The van der Waals surface area contributed by atoms with E-state index in [1.54, 1.807) is 18.6 Å². The summed E-state index contributed by atoms with van der Waals surface area (Å²) in [6, 6.07) is 6.15. The normalized spacial score (nSPS) is 12.7. The number of hydrogen-bond acceptors (Lipinski definition) is 2. The number of H-pyrrole nitrogens is 1. The summed E-state index contributed by atoms with van der Waals surface area (Å²) in [5.74, 6) is -0.257. The smallest absolute Gasteiger partial charge is 0.123 e. The number of hydrogen-bond donors (Lipinski definition) is 2. The van der Waals surface area contributed by atoms with Gasteiger partial charge in [-0.05, 0) is 17.7 Å². The molecule has 15 heavy (non-hydrogen) atoms. The molecule has 0 spiro atoms. The van der Waals surface area contributed by atoms with E-state index in [0.29, 0.717) is 6.42 Å². The SMILES string of the molecule is NC(Cc1cnc[nH]1)c1cccc(F)c1. The molecule has 1 unspecified atom stereocenters. The van der Waals surface area contributed by atoms with Crippen LogP contribution in [0.15, 0.2) is 36.8 Å². The maximum atomic E-state index is 12.9. The predicted molar refractivity (Wildman–Crippen MR) is 55.6 cm³/mol. The quantitative estimate of drug-likeness (QED) is 0.802. The highest BCUT2D eigenvalue weighted by molar-refractivity contribution is 5.21. The molecule has 0 amide bonds. The summed E-state index contributed by atoms with van der Waals surface area (Å²) in [5.41, 5.74) is 7.69. The molecule has 0 saturated heterocycles. The molecular formula is C11H12FN3. The van der Waals surface area contributed by atoms with Gasteiger partial charge < -0.3 is 10.7 Å². The molecule has 0 bridgehead atoms. The number of benzene rings is 1. The van der Waals surface area contributed by atoms with Crippen molar-refractivity contribution >= 4 is 0 Å². The highest BCUT2D eigenvalue weighted by atomic mass is 19.1. The van der Waals surface area contributed by atoms with Crippen molar-refractivity contribution in [1.29, 1.82) is 0 Å². The number of nitrogens with two attached hydrogens (primary N) is 1. The maximum absolute atomic E-state index is 12.9. The molecule has 1 atom stereocenters. The number of rotatable bonds is 3. The van der Waals surface area contributed by atoms with Crippen LogP contribution in [0.5, 0.6) is 0 Å². The van der Waals surface area contributed by atoms with E-state index in [9.17, 15) is 4.39 Å². The number of imidazole rings is 1. The van der Waals surface area contributed by atoms with Crippen LogP contribution in [0.2, 0.25) is 0 Å². The fraction of sp³-hybridized carbons (Fsp3) is 0.182. The van der Waals surface area contributed by atoms with Crippen molar-refractivity contribution in [2.24, 2.45) is 5.73 Å². The Bertz CT molecular complexity index is 425. The Kier molecular flexibility index (Phi) is 2.78. The van der Waals surface area contributed by atoms with E-state index in [1.165, 1.54) is 12.1 Å². The van der Waals surface area contributed by atoms with E-state index in [2.05, 4.69) is 9.97 Å². The minimum atomic E-state index is -0.257. The van der Waals surface area contributed by atoms with Gasteiger partial charge in [0.2, 0.25) is 0 Å². The van der Waals surface area contributed by atoms with Crippen LogP contribution in [-0.2, 0) is 6.42 Å². The Morgan fingerprint density at radius 3 is 3.00 bits per heavy atom. The molecule has 0 fully saturated rings. The van der Waals surface area contributed by atoms with Crippen molar-refractivity contribution in [1.82, 2.24) is 9.97 Å². The van der Waals surface area contributed by atoms with Crippen LogP contribution in [0.1, 0.15) is 17.3 Å². The first-order chi connectivity index (χ1) is 7.25. The van der Waals surface area contributed by atoms with Gasteiger partial charge in [-0.2, -0.15) is 0 Å². The first-order valence-corrected chi connectivity index (χ1v) is 4.74. The zero-order chi connectivity index (χ0) is 10.7. The topological polar surface area (TPSA) is 54.7 Å². The lowest BCUT2D eigenvalue weighted by molar-refractivity contribution is 0.618. The molecule has 1 aromatic heterocycles. The van der Waals surface area contributed by atoms with Crippen LogP contribution >= 0.6 is 0 Å². The zero-order valence-electron chi connectivity index (χ0n) is 8.15. The van der Waals surface area contributed by atoms with Crippen LogP contribution < -0.4 is 5.73 Å². The number of nitrogens with zero attached hydrogens (tertiary/aromatic N) is 1. The van der Waals surface area contributed by atoms with Crippen molar-refractivity contribution in [3.05, 3.63) is 53.9 Å². The molecule has 2 aromatic rings. The van der Waals surface area contributed by atoms with Crippen molar-refractivity contribution < 1.29 is 4.39 Å².